The first-order valence-electron chi connectivity index (χ1n) is 13.0. The molecule has 6 rings (SSSR count). The molecule has 0 spiro atoms. The van der Waals surface area contributed by atoms with Crippen molar-refractivity contribution in [3.05, 3.63) is 101 Å². The Bertz CT molecular complexity index is 1500. The minimum Gasteiger partial charge on any atom is -0.201 e. The van der Waals surface area contributed by atoms with Gasteiger partial charge in [-0.15, -0.1) is 0 Å². The summed E-state index contributed by atoms with van der Waals surface area (Å²) >= 11 is 0. The van der Waals surface area contributed by atoms with Gasteiger partial charge in [0.25, 0.3) is 0 Å². The van der Waals surface area contributed by atoms with Gasteiger partial charge in [0.15, 0.2) is 6.20 Å². The number of aromatic nitrogens is 1. The second-order valence-electron chi connectivity index (χ2n) is 8.64. The summed E-state index contributed by atoms with van der Waals surface area (Å²) in [5.74, 6) is 0. The van der Waals surface area contributed by atoms with Crippen molar-refractivity contribution in [2.24, 2.45) is 7.05 Å². The molecule has 6 bridgehead atoms. The second kappa shape index (κ2) is 7.20. The third kappa shape index (κ3) is 3.03. The maximum absolute atomic E-state index is 9.00. The van der Waals surface area contributed by atoms with Gasteiger partial charge in [-0.1, -0.05) is 54.6 Å². The van der Waals surface area contributed by atoms with Crippen LogP contribution in [0.1, 0.15) is 46.1 Å². The molecular weight excluding hydrogens is 374 g/mol. The topological polar surface area (TPSA) is 3.88 Å². The Morgan fingerprint density at radius 1 is 0.806 bits per heavy atom. The maximum Gasteiger partial charge on any atom is 0.213 e. The van der Waals surface area contributed by atoms with Crippen molar-refractivity contribution in [2.45, 2.75) is 38.9 Å². The zero-order valence-corrected chi connectivity index (χ0v) is 18.0. The standard InChI is InChI=1S/C30H28N/c1-20-13-14-26-25-12-6-10-22-9-4-3-7-21-8-5-11-23(17-21)24-15-16-31(2)29(18-24)30(20)28(26)19-27(22)25/h5-6,8,10-18H,3-4,7,9,19H2,1-2H3/q+1/i7D2,9D2. The fourth-order valence-corrected chi connectivity index (χ4v) is 5.14. The molecule has 0 aliphatic heterocycles. The van der Waals surface area contributed by atoms with Crippen LogP contribution in [0.15, 0.2) is 72.9 Å². The minimum absolute atomic E-state index is 0.111. The summed E-state index contributed by atoms with van der Waals surface area (Å²) in [6.45, 7) is 2.15. The van der Waals surface area contributed by atoms with Gasteiger partial charge >= 0.3 is 0 Å². The first-order chi connectivity index (χ1) is 16.7. The van der Waals surface area contributed by atoms with Crippen molar-refractivity contribution >= 4 is 0 Å². The average molecular weight is 407 g/mol. The van der Waals surface area contributed by atoms with E-state index in [1.807, 2.05) is 36.4 Å². The van der Waals surface area contributed by atoms with Gasteiger partial charge in [-0.2, -0.15) is 0 Å². The van der Waals surface area contributed by atoms with E-state index in [2.05, 4.69) is 55.1 Å². The number of fused-ring (bicyclic) bond motifs is 7. The quantitative estimate of drug-likeness (QED) is 0.255. The van der Waals surface area contributed by atoms with Crippen LogP contribution in [0.25, 0.3) is 33.5 Å². The van der Waals surface area contributed by atoms with Gasteiger partial charge in [0.2, 0.25) is 5.69 Å². The number of aryl methyl sites for hydroxylation is 4. The zero-order chi connectivity index (χ0) is 24.5. The third-order valence-electron chi connectivity index (χ3n) is 6.71. The molecule has 1 aromatic heterocycles. The van der Waals surface area contributed by atoms with Gasteiger partial charge in [0.1, 0.15) is 7.05 Å². The van der Waals surface area contributed by atoms with Crippen LogP contribution in [0.3, 0.4) is 0 Å². The second-order valence-corrected chi connectivity index (χ2v) is 8.64. The Morgan fingerprint density at radius 3 is 2.55 bits per heavy atom. The van der Waals surface area contributed by atoms with E-state index in [1.54, 1.807) is 0 Å². The SMILES string of the molecule is [2H]C1([2H])CCC([2H])([2H])c2cccc3c2Cc2c-3ccc(C)c2-c2cc(cc[n+]2C)-c2cccc1c2. The molecule has 1 heterocycles. The molecule has 0 atom stereocenters. The van der Waals surface area contributed by atoms with Crippen molar-refractivity contribution in [1.29, 1.82) is 0 Å². The molecule has 2 aliphatic carbocycles. The Labute approximate surface area is 190 Å². The number of rotatable bonds is 0. The Balaban J connectivity index is 1.68. The number of nitrogens with zero attached hydrogens (tertiary/aromatic N) is 1. The van der Waals surface area contributed by atoms with Crippen LogP contribution in [0.5, 0.6) is 0 Å². The van der Waals surface area contributed by atoms with E-state index in [0.29, 0.717) is 17.5 Å². The Hall–Kier alpha value is -3.19. The van der Waals surface area contributed by atoms with Crippen LogP contribution in [-0.4, -0.2) is 0 Å². The van der Waals surface area contributed by atoms with Crippen molar-refractivity contribution in [2.75, 3.05) is 0 Å². The molecule has 1 nitrogen and oxygen atoms in total. The highest BCUT2D eigenvalue weighted by Gasteiger charge is 2.28. The van der Waals surface area contributed by atoms with Gasteiger partial charge in [0, 0.05) is 17.6 Å². The summed E-state index contributed by atoms with van der Waals surface area (Å²) in [5.41, 5.74) is 11.4. The summed E-state index contributed by atoms with van der Waals surface area (Å²) in [5, 5.41) is 0. The molecular formula is C30H28N+. The van der Waals surface area contributed by atoms with Gasteiger partial charge < -0.3 is 0 Å². The summed E-state index contributed by atoms with van der Waals surface area (Å²) in [4.78, 5) is 0. The highest BCUT2D eigenvalue weighted by Crippen LogP contribution is 2.44. The molecule has 0 unspecified atom stereocenters. The van der Waals surface area contributed by atoms with Crippen LogP contribution in [0.2, 0.25) is 0 Å². The molecule has 0 saturated heterocycles. The fourth-order valence-electron chi connectivity index (χ4n) is 5.14. The van der Waals surface area contributed by atoms with E-state index in [9.17, 15) is 0 Å². The van der Waals surface area contributed by atoms with Crippen LogP contribution < -0.4 is 4.57 Å². The van der Waals surface area contributed by atoms with Gasteiger partial charge in [-0.05, 0) is 89.0 Å². The minimum atomic E-state index is -1.63. The normalized spacial score (nSPS) is 19.3. The van der Waals surface area contributed by atoms with Gasteiger partial charge in [-0.3, -0.25) is 0 Å². The molecule has 3 aromatic carbocycles. The Kier molecular flexibility index (Phi) is 3.43. The average Bonchev–Trinajstić information content (AvgIpc) is 3.22. The molecule has 1 heteroatoms. The molecule has 0 saturated carbocycles. The number of hydrogen-bond acceptors (Lipinski definition) is 0. The molecule has 0 radical (unpaired) electrons. The first-order valence-corrected chi connectivity index (χ1v) is 11.0. The fraction of sp³-hybridized carbons (Fsp3) is 0.233. The lowest BCUT2D eigenvalue weighted by atomic mass is 9.92. The lowest BCUT2D eigenvalue weighted by Crippen LogP contribution is -2.31. The number of pyridine rings is 1. The number of benzene rings is 3. The van der Waals surface area contributed by atoms with E-state index < -0.39 is 12.7 Å². The third-order valence-corrected chi connectivity index (χ3v) is 6.71. The molecule has 31 heavy (non-hydrogen) atoms. The highest BCUT2D eigenvalue weighted by molar-refractivity contribution is 5.86. The van der Waals surface area contributed by atoms with E-state index in [1.165, 1.54) is 22.3 Å². The molecule has 0 N–H and O–H groups in total. The van der Waals surface area contributed by atoms with Crippen molar-refractivity contribution in [3.8, 4) is 33.5 Å². The lowest BCUT2D eigenvalue weighted by Gasteiger charge is -2.12. The largest absolute Gasteiger partial charge is 0.213 e. The number of hydrogen-bond donors (Lipinski definition) is 0. The summed E-state index contributed by atoms with van der Waals surface area (Å²) in [7, 11) is 2.06. The van der Waals surface area contributed by atoms with Crippen molar-refractivity contribution in [1.82, 2.24) is 0 Å². The van der Waals surface area contributed by atoms with E-state index in [-0.39, 0.29) is 12.8 Å². The molecule has 2 aliphatic rings. The van der Waals surface area contributed by atoms with Crippen LogP contribution in [0, 0.1) is 6.92 Å². The zero-order valence-electron chi connectivity index (χ0n) is 22.0. The first kappa shape index (κ1) is 14.8. The predicted molar refractivity (Wildman–Crippen MR) is 128 cm³/mol. The summed E-state index contributed by atoms with van der Waals surface area (Å²) in [6.07, 6.45) is -0.271. The maximum atomic E-state index is 9.00. The van der Waals surface area contributed by atoms with E-state index in [0.717, 1.165) is 27.9 Å². The highest BCUT2D eigenvalue weighted by atomic mass is 14.9. The Morgan fingerprint density at radius 2 is 1.61 bits per heavy atom. The van der Waals surface area contributed by atoms with E-state index in [4.69, 9.17) is 5.48 Å². The van der Waals surface area contributed by atoms with E-state index >= 15 is 0 Å². The van der Waals surface area contributed by atoms with Gasteiger partial charge in [0.05, 0.1) is 5.56 Å². The predicted octanol–water partition coefficient (Wildman–Crippen LogP) is 6.60. The van der Waals surface area contributed by atoms with Crippen molar-refractivity contribution < 1.29 is 10.1 Å². The van der Waals surface area contributed by atoms with Crippen molar-refractivity contribution in [3.63, 3.8) is 0 Å². The van der Waals surface area contributed by atoms with Gasteiger partial charge in [-0.25, -0.2) is 4.57 Å². The van der Waals surface area contributed by atoms with Crippen LogP contribution >= 0.6 is 0 Å². The lowest BCUT2D eigenvalue weighted by molar-refractivity contribution is -0.660. The molecule has 0 amide bonds. The monoisotopic (exact) mass is 406 g/mol. The van der Waals surface area contributed by atoms with Crippen LogP contribution in [-0.2, 0) is 26.2 Å². The molecule has 4 aromatic rings. The summed E-state index contributed by atoms with van der Waals surface area (Å²) < 4.78 is 37.8. The summed E-state index contributed by atoms with van der Waals surface area (Å²) in [6, 6.07) is 22.3. The molecule has 152 valence electrons. The van der Waals surface area contributed by atoms with Crippen LogP contribution in [0.4, 0.5) is 0 Å². The molecule has 0 fully saturated rings. The smallest absolute Gasteiger partial charge is 0.201 e.